The molecule has 96 valence electrons. The summed E-state index contributed by atoms with van der Waals surface area (Å²) in [6.07, 6.45) is 4.32. The van der Waals surface area contributed by atoms with Crippen molar-refractivity contribution in [3.63, 3.8) is 0 Å². The lowest BCUT2D eigenvalue weighted by Gasteiger charge is -2.21. The summed E-state index contributed by atoms with van der Waals surface area (Å²) in [5, 5.41) is 6.86. The summed E-state index contributed by atoms with van der Waals surface area (Å²) in [6, 6.07) is 1.81. The Morgan fingerprint density at radius 1 is 1.29 bits per heavy atom. The van der Waals surface area contributed by atoms with Crippen LogP contribution < -0.4 is 0 Å². The number of nitrogens with zero attached hydrogens (tertiary/aromatic N) is 2. The largest absolute Gasteiger partial charge is 0.337 e. The predicted molar refractivity (Wildman–Crippen MR) is 69.0 cm³/mol. The van der Waals surface area contributed by atoms with E-state index in [1.54, 1.807) is 0 Å². The SMILES string of the molecule is CCCCN(CCCC)C(=O)c1cc(C)[nH]n1. The molecule has 0 unspecified atom stereocenters. The van der Waals surface area contributed by atoms with Gasteiger partial charge < -0.3 is 4.90 Å². The maximum Gasteiger partial charge on any atom is 0.274 e. The van der Waals surface area contributed by atoms with Crippen LogP contribution in [-0.4, -0.2) is 34.1 Å². The second-order valence-electron chi connectivity index (χ2n) is 4.44. The normalized spacial score (nSPS) is 10.5. The molecular weight excluding hydrogens is 214 g/mol. The van der Waals surface area contributed by atoms with Crippen LogP contribution in [0.1, 0.15) is 55.7 Å². The molecule has 0 aliphatic carbocycles. The number of aromatic amines is 1. The molecule has 0 aliphatic rings. The Balaban J connectivity index is 2.64. The molecule has 0 bridgehead atoms. The van der Waals surface area contributed by atoms with Gasteiger partial charge in [-0.05, 0) is 25.8 Å². The van der Waals surface area contributed by atoms with E-state index in [0.717, 1.165) is 44.5 Å². The zero-order chi connectivity index (χ0) is 12.7. The first-order valence-corrected chi connectivity index (χ1v) is 6.50. The van der Waals surface area contributed by atoms with Crippen molar-refractivity contribution in [1.29, 1.82) is 0 Å². The zero-order valence-corrected chi connectivity index (χ0v) is 11.1. The molecule has 0 atom stereocenters. The maximum absolute atomic E-state index is 12.2. The van der Waals surface area contributed by atoms with Crippen molar-refractivity contribution >= 4 is 5.91 Å². The van der Waals surface area contributed by atoms with Gasteiger partial charge in [0.1, 0.15) is 5.69 Å². The van der Waals surface area contributed by atoms with Gasteiger partial charge in [-0.2, -0.15) is 5.10 Å². The minimum atomic E-state index is 0.0521. The van der Waals surface area contributed by atoms with E-state index in [2.05, 4.69) is 24.0 Å². The summed E-state index contributed by atoms with van der Waals surface area (Å²) >= 11 is 0. The van der Waals surface area contributed by atoms with Gasteiger partial charge in [0, 0.05) is 18.8 Å². The number of hydrogen-bond acceptors (Lipinski definition) is 2. The fourth-order valence-electron chi connectivity index (χ4n) is 1.70. The van der Waals surface area contributed by atoms with E-state index in [4.69, 9.17) is 0 Å². The van der Waals surface area contributed by atoms with E-state index in [1.165, 1.54) is 0 Å². The summed E-state index contributed by atoms with van der Waals surface area (Å²) < 4.78 is 0. The first-order valence-electron chi connectivity index (χ1n) is 6.50. The number of unbranched alkanes of at least 4 members (excludes halogenated alkanes) is 2. The van der Waals surface area contributed by atoms with Gasteiger partial charge in [-0.15, -0.1) is 0 Å². The van der Waals surface area contributed by atoms with Gasteiger partial charge in [-0.25, -0.2) is 0 Å². The summed E-state index contributed by atoms with van der Waals surface area (Å²) in [6.45, 7) is 7.86. The third kappa shape index (κ3) is 4.21. The number of H-pyrrole nitrogens is 1. The lowest BCUT2D eigenvalue weighted by Crippen LogP contribution is -2.33. The lowest BCUT2D eigenvalue weighted by atomic mass is 10.2. The molecular formula is C13H23N3O. The molecule has 4 nitrogen and oxygen atoms in total. The van der Waals surface area contributed by atoms with Gasteiger partial charge in [-0.3, -0.25) is 9.89 Å². The molecule has 0 saturated heterocycles. The average Bonchev–Trinajstić information content (AvgIpc) is 2.75. The number of hydrogen-bond donors (Lipinski definition) is 1. The summed E-state index contributed by atoms with van der Waals surface area (Å²) in [7, 11) is 0. The van der Waals surface area contributed by atoms with Crippen molar-refractivity contribution in [2.75, 3.05) is 13.1 Å². The van der Waals surface area contributed by atoms with Gasteiger partial charge in [0.25, 0.3) is 5.91 Å². The van der Waals surface area contributed by atoms with E-state index < -0.39 is 0 Å². The quantitative estimate of drug-likeness (QED) is 0.792. The average molecular weight is 237 g/mol. The van der Waals surface area contributed by atoms with Crippen LogP contribution in [0.4, 0.5) is 0 Å². The molecule has 1 rings (SSSR count). The van der Waals surface area contributed by atoms with E-state index >= 15 is 0 Å². The third-order valence-corrected chi connectivity index (χ3v) is 2.78. The van der Waals surface area contributed by atoms with Gasteiger partial charge in [0.05, 0.1) is 0 Å². The van der Waals surface area contributed by atoms with Crippen LogP contribution in [0.15, 0.2) is 6.07 Å². The predicted octanol–water partition coefficient (Wildman–Crippen LogP) is 2.76. The van der Waals surface area contributed by atoms with Crippen molar-refractivity contribution < 1.29 is 4.79 Å². The second kappa shape index (κ2) is 7.09. The molecule has 1 amide bonds. The Labute approximate surface area is 103 Å². The minimum absolute atomic E-state index is 0.0521. The Morgan fingerprint density at radius 3 is 2.29 bits per heavy atom. The molecule has 4 heteroatoms. The number of carbonyl (C=O) groups is 1. The first-order chi connectivity index (χ1) is 8.19. The van der Waals surface area contributed by atoms with Crippen molar-refractivity contribution in [3.05, 3.63) is 17.5 Å². The number of rotatable bonds is 7. The number of carbonyl (C=O) groups excluding carboxylic acids is 1. The van der Waals surface area contributed by atoms with E-state index in [1.807, 2.05) is 17.9 Å². The molecule has 0 aromatic carbocycles. The molecule has 0 fully saturated rings. The molecule has 1 aromatic heterocycles. The van der Waals surface area contributed by atoms with Gasteiger partial charge in [0.15, 0.2) is 0 Å². The summed E-state index contributed by atoms with van der Waals surface area (Å²) in [4.78, 5) is 14.1. The standard InChI is InChI=1S/C13H23N3O/c1-4-6-8-16(9-7-5-2)13(17)12-10-11(3)14-15-12/h10H,4-9H2,1-3H3,(H,14,15). The molecule has 1 heterocycles. The van der Waals surface area contributed by atoms with Crippen molar-refractivity contribution in [3.8, 4) is 0 Å². The third-order valence-electron chi connectivity index (χ3n) is 2.78. The van der Waals surface area contributed by atoms with E-state index in [9.17, 15) is 4.79 Å². The van der Waals surface area contributed by atoms with Crippen LogP contribution >= 0.6 is 0 Å². The highest BCUT2D eigenvalue weighted by Gasteiger charge is 2.17. The summed E-state index contributed by atoms with van der Waals surface area (Å²) in [5.41, 5.74) is 1.47. The van der Waals surface area contributed by atoms with Crippen LogP contribution in [0.3, 0.4) is 0 Å². The fourth-order valence-corrected chi connectivity index (χ4v) is 1.70. The lowest BCUT2D eigenvalue weighted by molar-refractivity contribution is 0.0745. The number of aryl methyl sites for hydroxylation is 1. The molecule has 0 aliphatic heterocycles. The first kappa shape index (κ1) is 13.7. The van der Waals surface area contributed by atoms with E-state index in [0.29, 0.717) is 5.69 Å². The van der Waals surface area contributed by atoms with Crippen LogP contribution in [0.25, 0.3) is 0 Å². The van der Waals surface area contributed by atoms with Crippen LogP contribution in [-0.2, 0) is 0 Å². The smallest absolute Gasteiger partial charge is 0.274 e. The highest BCUT2D eigenvalue weighted by Crippen LogP contribution is 2.07. The van der Waals surface area contributed by atoms with Gasteiger partial charge in [-0.1, -0.05) is 26.7 Å². The van der Waals surface area contributed by atoms with Crippen LogP contribution in [0, 0.1) is 6.92 Å². The van der Waals surface area contributed by atoms with Crippen molar-refractivity contribution in [2.45, 2.75) is 46.5 Å². The molecule has 0 radical (unpaired) electrons. The summed E-state index contributed by atoms with van der Waals surface area (Å²) in [5.74, 6) is 0.0521. The van der Waals surface area contributed by atoms with Crippen LogP contribution in [0.5, 0.6) is 0 Å². The van der Waals surface area contributed by atoms with E-state index in [-0.39, 0.29) is 5.91 Å². The second-order valence-corrected chi connectivity index (χ2v) is 4.44. The van der Waals surface area contributed by atoms with Crippen molar-refractivity contribution in [1.82, 2.24) is 15.1 Å². The number of aromatic nitrogens is 2. The topological polar surface area (TPSA) is 49.0 Å². The molecule has 17 heavy (non-hydrogen) atoms. The molecule has 0 spiro atoms. The molecule has 0 saturated carbocycles. The number of amides is 1. The number of nitrogens with one attached hydrogen (secondary N) is 1. The fraction of sp³-hybridized carbons (Fsp3) is 0.692. The van der Waals surface area contributed by atoms with Gasteiger partial charge >= 0.3 is 0 Å². The maximum atomic E-state index is 12.2. The molecule has 1 N–H and O–H groups in total. The van der Waals surface area contributed by atoms with Crippen LogP contribution in [0.2, 0.25) is 0 Å². The Morgan fingerprint density at radius 2 is 1.88 bits per heavy atom. The molecule has 1 aromatic rings. The Hall–Kier alpha value is -1.32. The Bertz CT molecular complexity index is 338. The minimum Gasteiger partial charge on any atom is -0.337 e. The van der Waals surface area contributed by atoms with Gasteiger partial charge in [0.2, 0.25) is 0 Å². The highest BCUT2D eigenvalue weighted by molar-refractivity contribution is 5.92. The monoisotopic (exact) mass is 237 g/mol. The zero-order valence-electron chi connectivity index (χ0n) is 11.1. The van der Waals surface area contributed by atoms with Crippen molar-refractivity contribution in [2.24, 2.45) is 0 Å². The Kier molecular flexibility index (Phi) is 5.73. The highest BCUT2D eigenvalue weighted by atomic mass is 16.2.